The van der Waals surface area contributed by atoms with Gasteiger partial charge in [0.1, 0.15) is 0 Å². The Hall–Kier alpha value is -2.66. The minimum absolute atomic E-state index is 0.186. The van der Waals surface area contributed by atoms with Gasteiger partial charge in [-0.2, -0.15) is 5.10 Å². The third-order valence-electron chi connectivity index (χ3n) is 4.27. The number of aromatic nitrogens is 3. The molecular weight excluding hydrogens is 523 g/mol. The lowest BCUT2D eigenvalue weighted by atomic mass is 10.1. The molecule has 0 radical (unpaired) electrons. The van der Waals surface area contributed by atoms with Crippen LogP contribution in [-0.2, 0) is 17.9 Å². The zero-order chi connectivity index (χ0) is 22.1. The number of allylic oxidation sites excluding steroid dienone is 1. The smallest absolute Gasteiger partial charge is 0.250 e. The molecule has 0 aliphatic heterocycles. The summed E-state index contributed by atoms with van der Waals surface area (Å²) >= 11 is 3.59. The summed E-state index contributed by atoms with van der Waals surface area (Å²) in [4.78, 5) is 12.2. The molecule has 160 valence electrons. The number of rotatable bonds is 10. The van der Waals surface area contributed by atoms with Crippen LogP contribution in [0.4, 0.5) is 5.69 Å². The van der Waals surface area contributed by atoms with Gasteiger partial charge in [-0.15, -0.1) is 16.8 Å². The van der Waals surface area contributed by atoms with Crippen molar-refractivity contribution < 1.29 is 4.79 Å². The Kier molecular flexibility index (Phi) is 8.65. The van der Waals surface area contributed by atoms with E-state index in [0.717, 1.165) is 22.8 Å². The van der Waals surface area contributed by atoms with Crippen LogP contribution in [0.2, 0.25) is 0 Å². The first kappa shape index (κ1) is 23.0. The number of carbonyl (C=O) groups is 1. The number of hydrogen-bond donors (Lipinski definition) is 2. The van der Waals surface area contributed by atoms with Gasteiger partial charge in [-0.05, 0) is 59.3 Å². The highest BCUT2D eigenvalue weighted by Gasteiger charge is 2.13. The number of halogens is 1. The molecule has 0 spiro atoms. The second-order valence-electron chi connectivity index (χ2n) is 6.55. The van der Waals surface area contributed by atoms with Gasteiger partial charge in [0, 0.05) is 15.8 Å². The van der Waals surface area contributed by atoms with Gasteiger partial charge in [0.05, 0.1) is 18.0 Å². The van der Waals surface area contributed by atoms with Crippen molar-refractivity contribution in [3.63, 3.8) is 0 Å². The van der Waals surface area contributed by atoms with E-state index in [1.165, 1.54) is 15.3 Å². The summed E-state index contributed by atoms with van der Waals surface area (Å²) in [5, 5.41) is 16.7. The summed E-state index contributed by atoms with van der Waals surface area (Å²) in [7, 11) is 0. The number of carbonyl (C=O) groups excluding carboxylic acids is 1. The number of amides is 1. The van der Waals surface area contributed by atoms with Crippen molar-refractivity contribution in [2.45, 2.75) is 25.2 Å². The van der Waals surface area contributed by atoms with Gasteiger partial charge < -0.3 is 9.88 Å². The standard InChI is InChI=1S/C22H23IN6OS/c1-3-13-29-20(14-24-19-11-9-18(23)10-12-19)26-28-22(29)31-15-21(30)27-25-16(2)17-7-5-4-6-8-17/h3-12,24H,1,13-15H2,2H3,(H,27,30)/b25-16+. The zero-order valence-electron chi connectivity index (χ0n) is 17.1. The molecule has 0 aliphatic carbocycles. The number of hydrazone groups is 1. The molecule has 0 atom stereocenters. The molecule has 1 amide bonds. The van der Waals surface area contributed by atoms with Crippen LogP contribution < -0.4 is 10.7 Å². The van der Waals surface area contributed by atoms with Gasteiger partial charge in [0.25, 0.3) is 5.91 Å². The third-order valence-corrected chi connectivity index (χ3v) is 5.96. The van der Waals surface area contributed by atoms with Crippen molar-refractivity contribution in [3.8, 4) is 0 Å². The lowest BCUT2D eigenvalue weighted by Gasteiger charge is -2.09. The van der Waals surface area contributed by atoms with E-state index >= 15 is 0 Å². The predicted molar refractivity (Wildman–Crippen MR) is 134 cm³/mol. The number of benzene rings is 2. The molecule has 1 heterocycles. The Labute approximate surface area is 199 Å². The molecule has 31 heavy (non-hydrogen) atoms. The predicted octanol–water partition coefficient (Wildman–Crippen LogP) is 4.31. The summed E-state index contributed by atoms with van der Waals surface area (Å²) in [6, 6.07) is 17.8. The molecule has 2 N–H and O–H groups in total. The highest BCUT2D eigenvalue weighted by molar-refractivity contribution is 14.1. The van der Waals surface area contributed by atoms with Crippen LogP contribution >= 0.6 is 34.4 Å². The third kappa shape index (κ3) is 6.93. The lowest BCUT2D eigenvalue weighted by Crippen LogP contribution is -2.21. The highest BCUT2D eigenvalue weighted by atomic mass is 127. The fourth-order valence-corrected chi connectivity index (χ4v) is 3.79. The van der Waals surface area contributed by atoms with Crippen LogP contribution in [0, 0.1) is 3.57 Å². The average Bonchev–Trinajstić information content (AvgIpc) is 3.18. The normalized spacial score (nSPS) is 11.2. The minimum Gasteiger partial charge on any atom is -0.378 e. The first-order valence-corrected chi connectivity index (χ1v) is 11.7. The van der Waals surface area contributed by atoms with Crippen molar-refractivity contribution in [1.29, 1.82) is 0 Å². The number of nitrogens with one attached hydrogen (secondary N) is 2. The number of nitrogens with zero attached hydrogens (tertiary/aromatic N) is 4. The lowest BCUT2D eigenvalue weighted by molar-refractivity contribution is -0.118. The average molecular weight is 546 g/mol. The number of hydrogen-bond acceptors (Lipinski definition) is 6. The van der Waals surface area contributed by atoms with E-state index in [0.29, 0.717) is 18.2 Å². The van der Waals surface area contributed by atoms with Crippen molar-refractivity contribution in [1.82, 2.24) is 20.2 Å². The molecule has 0 aliphatic rings. The van der Waals surface area contributed by atoms with Crippen LogP contribution in [-0.4, -0.2) is 32.1 Å². The largest absolute Gasteiger partial charge is 0.378 e. The Morgan fingerprint density at radius 1 is 1.19 bits per heavy atom. The monoisotopic (exact) mass is 546 g/mol. The summed E-state index contributed by atoms with van der Waals surface area (Å²) in [5.41, 5.74) is 5.32. The molecule has 0 saturated heterocycles. The van der Waals surface area contributed by atoms with Crippen LogP contribution in [0.1, 0.15) is 18.3 Å². The molecule has 3 aromatic rings. The molecule has 9 heteroatoms. The Bertz CT molecular complexity index is 1050. The van der Waals surface area contributed by atoms with E-state index in [4.69, 9.17) is 0 Å². The minimum atomic E-state index is -0.202. The van der Waals surface area contributed by atoms with Crippen LogP contribution in [0.25, 0.3) is 0 Å². The topological polar surface area (TPSA) is 84.2 Å². The van der Waals surface area contributed by atoms with Crippen molar-refractivity contribution >= 4 is 51.7 Å². The fourth-order valence-electron chi connectivity index (χ4n) is 2.67. The van der Waals surface area contributed by atoms with Gasteiger partial charge in [0.2, 0.25) is 0 Å². The molecule has 3 rings (SSSR count). The molecule has 1 aromatic heterocycles. The second-order valence-corrected chi connectivity index (χ2v) is 8.73. The first-order valence-electron chi connectivity index (χ1n) is 9.60. The molecule has 2 aromatic carbocycles. The quantitative estimate of drug-likeness (QED) is 0.130. The first-order chi connectivity index (χ1) is 15.1. The van der Waals surface area contributed by atoms with E-state index in [2.05, 4.69) is 55.2 Å². The van der Waals surface area contributed by atoms with Gasteiger partial charge in [-0.3, -0.25) is 4.79 Å². The SMILES string of the molecule is C=CCn1c(CNc2ccc(I)cc2)nnc1SCC(=O)N/N=C(\C)c1ccccc1. The second kappa shape index (κ2) is 11.7. The summed E-state index contributed by atoms with van der Waals surface area (Å²) in [5.74, 6) is 0.761. The van der Waals surface area contributed by atoms with Crippen molar-refractivity contribution in [2.75, 3.05) is 11.1 Å². The van der Waals surface area contributed by atoms with E-state index < -0.39 is 0 Å². The molecule has 0 saturated carbocycles. The van der Waals surface area contributed by atoms with E-state index in [1.54, 1.807) is 6.08 Å². The van der Waals surface area contributed by atoms with Crippen LogP contribution in [0.5, 0.6) is 0 Å². The Morgan fingerprint density at radius 3 is 2.65 bits per heavy atom. The molecule has 0 fully saturated rings. The number of anilines is 1. The zero-order valence-corrected chi connectivity index (χ0v) is 20.1. The maximum absolute atomic E-state index is 12.2. The van der Waals surface area contributed by atoms with Gasteiger partial charge in [-0.1, -0.05) is 48.2 Å². The molecule has 0 unspecified atom stereocenters. The van der Waals surface area contributed by atoms with Crippen LogP contribution in [0.15, 0.2) is 77.5 Å². The maximum Gasteiger partial charge on any atom is 0.250 e. The van der Waals surface area contributed by atoms with Crippen molar-refractivity contribution in [3.05, 3.63) is 82.2 Å². The fraction of sp³-hybridized carbons (Fsp3) is 0.182. The maximum atomic E-state index is 12.2. The summed E-state index contributed by atoms with van der Waals surface area (Å²) in [6.45, 7) is 6.76. The van der Waals surface area contributed by atoms with Gasteiger partial charge in [0.15, 0.2) is 11.0 Å². The molecule has 7 nitrogen and oxygen atoms in total. The summed E-state index contributed by atoms with van der Waals surface area (Å²) < 4.78 is 3.13. The van der Waals surface area contributed by atoms with Crippen LogP contribution in [0.3, 0.4) is 0 Å². The Balaban J connectivity index is 1.57. The molecular formula is C22H23IN6OS. The van der Waals surface area contributed by atoms with Gasteiger partial charge in [-0.25, -0.2) is 5.43 Å². The van der Waals surface area contributed by atoms with E-state index in [1.807, 2.05) is 66.1 Å². The highest BCUT2D eigenvalue weighted by Crippen LogP contribution is 2.18. The number of thioether (sulfide) groups is 1. The Morgan fingerprint density at radius 2 is 1.94 bits per heavy atom. The van der Waals surface area contributed by atoms with Crippen molar-refractivity contribution in [2.24, 2.45) is 5.10 Å². The van der Waals surface area contributed by atoms with Gasteiger partial charge >= 0.3 is 0 Å². The van der Waals surface area contributed by atoms with E-state index in [-0.39, 0.29) is 11.7 Å². The molecule has 0 bridgehead atoms. The van der Waals surface area contributed by atoms with E-state index in [9.17, 15) is 4.79 Å². The summed E-state index contributed by atoms with van der Waals surface area (Å²) in [6.07, 6.45) is 1.79.